The second-order valence-electron chi connectivity index (χ2n) is 6.69. The molecule has 0 unspecified atom stereocenters. The highest BCUT2D eigenvalue weighted by Gasteiger charge is 2.24. The van der Waals surface area contributed by atoms with E-state index >= 15 is 0 Å². The van der Waals surface area contributed by atoms with Gasteiger partial charge in [0.1, 0.15) is 6.04 Å². The molecule has 128 valence electrons. The molecule has 0 radical (unpaired) electrons. The van der Waals surface area contributed by atoms with Crippen LogP contribution in [0.4, 0.5) is 0 Å². The van der Waals surface area contributed by atoms with E-state index in [-0.39, 0.29) is 6.10 Å². The fourth-order valence-electron chi connectivity index (χ4n) is 1.80. The maximum atomic E-state index is 12.2. The van der Waals surface area contributed by atoms with E-state index < -0.39 is 24.7 Å². The summed E-state index contributed by atoms with van der Waals surface area (Å²) in [7, 11) is -1.51. The molecule has 0 saturated heterocycles. The van der Waals surface area contributed by atoms with Gasteiger partial charge in [0.2, 0.25) is 0 Å². The molecule has 0 aliphatic heterocycles. The van der Waals surface area contributed by atoms with Gasteiger partial charge in [-0.1, -0.05) is 24.3 Å². The molecule has 0 spiro atoms. The number of nitrogens with one attached hydrogen (secondary N) is 1. The number of benzene rings is 1. The van der Waals surface area contributed by atoms with Crippen molar-refractivity contribution in [3.63, 3.8) is 0 Å². The predicted molar refractivity (Wildman–Crippen MR) is 89.0 cm³/mol. The van der Waals surface area contributed by atoms with Gasteiger partial charge in [0.05, 0.1) is 11.7 Å². The molecule has 0 bridgehead atoms. The molecule has 7 heteroatoms. The quantitative estimate of drug-likeness (QED) is 0.386. The summed E-state index contributed by atoms with van der Waals surface area (Å²) in [6, 6.07) is 6.04. The Morgan fingerprint density at radius 2 is 1.78 bits per heavy atom. The molecule has 6 nitrogen and oxygen atoms in total. The van der Waals surface area contributed by atoms with Gasteiger partial charge < -0.3 is 14.8 Å². The van der Waals surface area contributed by atoms with E-state index in [4.69, 9.17) is 19.6 Å². The number of hydrogen-bond acceptors (Lipinski definition) is 6. The Morgan fingerprint density at radius 3 is 2.22 bits per heavy atom. The molecule has 0 aliphatic carbocycles. The zero-order chi connectivity index (χ0) is 17.6. The van der Waals surface area contributed by atoms with Gasteiger partial charge in [-0.15, -0.1) is 0 Å². The van der Waals surface area contributed by atoms with Crippen LogP contribution in [0.5, 0.6) is 0 Å². The van der Waals surface area contributed by atoms with Gasteiger partial charge in [-0.3, -0.25) is 9.63 Å². The van der Waals surface area contributed by atoms with Crippen molar-refractivity contribution < 1.29 is 24.4 Å². The molecule has 0 fully saturated rings. The van der Waals surface area contributed by atoms with Crippen LogP contribution in [0.2, 0.25) is 0 Å². The van der Waals surface area contributed by atoms with Crippen LogP contribution < -0.4 is 10.9 Å². The van der Waals surface area contributed by atoms with Gasteiger partial charge >= 0.3 is 13.1 Å². The number of carbonyl (C=O) groups excluding carboxylic acids is 1. The molecule has 0 heterocycles. The van der Waals surface area contributed by atoms with Gasteiger partial charge in [-0.25, -0.2) is 0 Å². The van der Waals surface area contributed by atoms with Crippen LogP contribution >= 0.6 is 0 Å². The van der Waals surface area contributed by atoms with E-state index in [2.05, 4.69) is 5.48 Å². The average molecular weight is 323 g/mol. The lowest BCUT2D eigenvalue weighted by Gasteiger charge is -2.25. The van der Waals surface area contributed by atoms with Crippen LogP contribution in [-0.4, -0.2) is 40.9 Å². The first-order valence-electron chi connectivity index (χ1n) is 7.67. The van der Waals surface area contributed by atoms with Crippen LogP contribution in [0.1, 0.15) is 40.2 Å². The van der Waals surface area contributed by atoms with E-state index in [1.807, 2.05) is 20.8 Å². The summed E-state index contributed by atoms with van der Waals surface area (Å²) in [5.41, 5.74) is 3.58. The predicted octanol–water partition coefficient (Wildman–Crippen LogP) is 0.549. The molecule has 1 atom stereocenters. The van der Waals surface area contributed by atoms with Gasteiger partial charge in [0, 0.05) is 6.42 Å². The van der Waals surface area contributed by atoms with Crippen LogP contribution in [0, 0.1) is 0 Å². The first-order valence-corrected chi connectivity index (χ1v) is 7.67. The molecule has 0 amide bonds. The Hall–Kier alpha value is -1.41. The zero-order valence-corrected chi connectivity index (χ0v) is 14.4. The molecule has 0 aliphatic rings. The molecular formula is C16H26BNO5. The van der Waals surface area contributed by atoms with Crippen molar-refractivity contribution in [2.45, 2.75) is 58.8 Å². The third-order valence-corrected chi connectivity index (χ3v) is 2.86. The number of ether oxygens (including phenoxy) is 1. The number of rotatable bonds is 7. The fourth-order valence-corrected chi connectivity index (χ4v) is 1.80. The van der Waals surface area contributed by atoms with Crippen LogP contribution in [0.15, 0.2) is 24.3 Å². The minimum Gasteiger partial charge on any atom is -0.462 e. The topological polar surface area (TPSA) is 88.0 Å². The van der Waals surface area contributed by atoms with Crippen LogP contribution in [0.3, 0.4) is 0 Å². The van der Waals surface area contributed by atoms with Crippen molar-refractivity contribution in [2.75, 3.05) is 0 Å². The van der Waals surface area contributed by atoms with E-state index in [1.165, 1.54) is 0 Å². The summed E-state index contributed by atoms with van der Waals surface area (Å²) in [6.45, 7) is 9.21. The Kier molecular flexibility index (Phi) is 7.21. The molecule has 0 saturated carbocycles. The van der Waals surface area contributed by atoms with Crippen molar-refractivity contribution in [3.8, 4) is 0 Å². The largest absolute Gasteiger partial charge is 0.488 e. The Bertz CT molecular complexity index is 496. The van der Waals surface area contributed by atoms with Gasteiger partial charge in [0.15, 0.2) is 0 Å². The first-order chi connectivity index (χ1) is 10.6. The van der Waals surface area contributed by atoms with Crippen molar-refractivity contribution in [1.82, 2.24) is 5.48 Å². The highest BCUT2D eigenvalue weighted by atomic mass is 16.7. The monoisotopic (exact) mass is 323 g/mol. The summed E-state index contributed by atoms with van der Waals surface area (Å²) < 4.78 is 5.25. The molecular weight excluding hydrogens is 297 g/mol. The van der Waals surface area contributed by atoms with E-state index in [9.17, 15) is 4.79 Å². The molecule has 1 aromatic carbocycles. The van der Waals surface area contributed by atoms with E-state index in [1.54, 1.807) is 38.1 Å². The summed E-state index contributed by atoms with van der Waals surface area (Å²) in [4.78, 5) is 17.7. The number of esters is 1. The van der Waals surface area contributed by atoms with E-state index in [0.29, 0.717) is 11.9 Å². The summed E-state index contributed by atoms with van der Waals surface area (Å²) >= 11 is 0. The lowest BCUT2D eigenvalue weighted by molar-refractivity contribution is -0.160. The Morgan fingerprint density at radius 1 is 1.22 bits per heavy atom. The second-order valence-corrected chi connectivity index (χ2v) is 6.69. The second kappa shape index (κ2) is 8.45. The van der Waals surface area contributed by atoms with E-state index in [0.717, 1.165) is 5.56 Å². The maximum absolute atomic E-state index is 12.2. The standard InChI is InChI=1S/C16H26BNO5/c1-11(2)22-15(19)14(18-23-16(3,4)5)10-12-6-8-13(9-7-12)17(20)21/h6-9,11,14,18,20-21H,10H2,1-5H3/t14-/m0/s1. The minimum atomic E-state index is -1.51. The minimum absolute atomic E-state index is 0.214. The Labute approximate surface area is 137 Å². The highest BCUT2D eigenvalue weighted by molar-refractivity contribution is 6.58. The molecule has 0 aromatic heterocycles. The summed E-state index contributed by atoms with van der Waals surface area (Å²) in [5.74, 6) is -0.393. The van der Waals surface area contributed by atoms with Gasteiger partial charge in [-0.2, -0.15) is 5.48 Å². The number of carbonyl (C=O) groups is 1. The highest BCUT2D eigenvalue weighted by Crippen LogP contribution is 2.09. The number of hydrogen-bond donors (Lipinski definition) is 3. The SMILES string of the molecule is CC(C)OC(=O)[C@H](Cc1ccc(B(O)O)cc1)NOC(C)(C)C. The number of hydroxylamine groups is 1. The normalized spacial score (nSPS) is 13.0. The Balaban J connectivity index is 2.80. The summed E-state index contributed by atoms with van der Waals surface area (Å²) in [6.07, 6.45) is 0.150. The third kappa shape index (κ3) is 7.61. The third-order valence-electron chi connectivity index (χ3n) is 2.86. The van der Waals surface area contributed by atoms with Gasteiger partial charge in [0.25, 0.3) is 0 Å². The smallest absolute Gasteiger partial charge is 0.462 e. The van der Waals surface area contributed by atoms with Crippen molar-refractivity contribution in [1.29, 1.82) is 0 Å². The molecule has 1 aromatic rings. The first kappa shape index (κ1) is 19.6. The van der Waals surface area contributed by atoms with Crippen LogP contribution in [-0.2, 0) is 20.8 Å². The lowest BCUT2D eigenvalue weighted by atomic mass is 9.80. The van der Waals surface area contributed by atoms with Crippen molar-refractivity contribution >= 4 is 18.6 Å². The van der Waals surface area contributed by atoms with Gasteiger partial charge in [-0.05, 0) is 45.6 Å². The molecule has 23 heavy (non-hydrogen) atoms. The lowest BCUT2D eigenvalue weighted by Crippen LogP contribution is -2.44. The van der Waals surface area contributed by atoms with Crippen molar-refractivity contribution in [3.05, 3.63) is 29.8 Å². The zero-order valence-electron chi connectivity index (χ0n) is 14.4. The summed E-state index contributed by atoms with van der Waals surface area (Å²) in [5, 5.41) is 18.2. The molecule has 1 rings (SSSR count). The maximum Gasteiger partial charge on any atom is 0.488 e. The van der Waals surface area contributed by atoms with Crippen LogP contribution in [0.25, 0.3) is 0 Å². The molecule has 3 N–H and O–H groups in total. The van der Waals surface area contributed by atoms with Crippen molar-refractivity contribution in [2.24, 2.45) is 0 Å². The fraction of sp³-hybridized carbons (Fsp3) is 0.562. The average Bonchev–Trinajstić information content (AvgIpc) is 2.42.